The summed E-state index contributed by atoms with van der Waals surface area (Å²) in [7, 11) is 1.78. The molecule has 0 aliphatic carbocycles. The number of amides is 1. The number of benzene rings is 2. The number of nitrogens with two attached hydrogens (primary N) is 1. The Morgan fingerprint density at radius 3 is 2.38 bits per heavy atom. The van der Waals surface area contributed by atoms with Crippen LogP contribution in [0.2, 0.25) is 0 Å². The zero-order valence-electron chi connectivity index (χ0n) is 13.9. The molecule has 0 saturated heterocycles. The molecule has 2 aromatic rings. The first-order valence-electron chi connectivity index (χ1n) is 7.93. The standard InChI is InChI=1S/C19H24N2O3/c1-21(12-19(20)23)17(13-22)11-15-7-9-18(10-8-15)24-14-16-5-3-2-4-6-16/h2-10,17,22H,11-14H2,1H3,(H2,20,23)/t17-/m0/s1. The quantitative estimate of drug-likeness (QED) is 0.733. The summed E-state index contributed by atoms with van der Waals surface area (Å²) in [4.78, 5) is 12.8. The molecule has 3 N–H and O–H groups in total. The van der Waals surface area contributed by atoms with E-state index < -0.39 is 5.91 Å². The lowest BCUT2D eigenvalue weighted by atomic mass is 10.1. The molecule has 0 spiro atoms. The van der Waals surface area contributed by atoms with Crippen molar-refractivity contribution in [3.8, 4) is 5.75 Å². The van der Waals surface area contributed by atoms with E-state index in [0.29, 0.717) is 13.0 Å². The van der Waals surface area contributed by atoms with Crippen LogP contribution in [0.25, 0.3) is 0 Å². The van der Waals surface area contributed by atoms with E-state index in [2.05, 4.69) is 0 Å². The van der Waals surface area contributed by atoms with E-state index >= 15 is 0 Å². The summed E-state index contributed by atoms with van der Waals surface area (Å²) in [6, 6.07) is 17.6. The van der Waals surface area contributed by atoms with Crippen LogP contribution in [0.3, 0.4) is 0 Å². The smallest absolute Gasteiger partial charge is 0.231 e. The van der Waals surface area contributed by atoms with Crippen LogP contribution in [0.5, 0.6) is 5.75 Å². The van der Waals surface area contributed by atoms with Gasteiger partial charge in [-0.2, -0.15) is 0 Å². The fourth-order valence-electron chi connectivity index (χ4n) is 2.47. The number of hydrogen-bond acceptors (Lipinski definition) is 4. The predicted molar refractivity (Wildman–Crippen MR) is 93.6 cm³/mol. The monoisotopic (exact) mass is 328 g/mol. The maximum absolute atomic E-state index is 11.0. The normalized spacial score (nSPS) is 12.1. The molecule has 0 aliphatic heterocycles. The highest BCUT2D eigenvalue weighted by molar-refractivity contribution is 5.75. The molecule has 0 bridgehead atoms. The maximum Gasteiger partial charge on any atom is 0.231 e. The number of hydrogen-bond donors (Lipinski definition) is 2. The Morgan fingerprint density at radius 1 is 1.12 bits per heavy atom. The van der Waals surface area contributed by atoms with Gasteiger partial charge in [-0.05, 0) is 36.7 Å². The molecule has 2 rings (SSSR count). The Labute approximate surface area is 142 Å². The van der Waals surface area contributed by atoms with Crippen LogP contribution < -0.4 is 10.5 Å². The van der Waals surface area contributed by atoms with Crippen LogP contribution in [0.15, 0.2) is 54.6 Å². The van der Waals surface area contributed by atoms with Crippen molar-refractivity contribution in [2.45, 2.75) is 19.1 Å². The summed E-state index contributed by atoms with van der Waals surface area (Å²) in [5.74, 6) is 0.397. The Kier molecular flexibility index (Phi) is 6.78. The van der Waals surface area contributed by atoms with Crippen LogP contribution >= 0.6 is 0 Å². The number of aliphatic hydroxyl groups is 1. The van der Waals surface area contributed by atoms with Gasteiger partial charge >= 0.3 is 0 Å². The summed E-state index contributed by atoms with van der Waals surface area (Å²) in [5, 5.41) is 9.52. The summed E-state index contributed by atoms with van der Waals surface area (Å²) in [6.07, 6.45) is 0.638. The fraction of sp³-hybridized carbons (Fsp3) is 0.316. The van der Waals surface area contributed by atoms with Gasteiger partial charge in [-0.1, -0.05) is 42.5 Å². The first kappa shape index (κ1) is 18.0. The molecular weight excluding hydrogens is 304 g/mol. The SMILES string of the molecule is CN(CC(N)=O)[C@H](CO)Cc1ccc(OCc2ccccc2)cc1. The molecule has 128 valence electrons. The van der Waals surface area contributed by atoms with Crippen molar-refractivity contribution >= 4 is 5.91 Å². The largest absolute Gasteiger partial charge is 0.489 e. The molecule has 1 amide bonds. The number of nitrogens with zero attached hydrogens (tertiary/aromatic N) is 1. The van der Waals surface area contributed by atoms with E-state index in [9.17, 15) is 9.90 Å². The van der Waals surface area contributed by atoms with Crippen molar-refractivity contribution in [3.05, 3.63) is 65.7 Å². The molecule has 0 fully saturated rings. The minimum atomic E-state index is -0.402. The second-order valence-electron chi connectivity index (χ2n) is 5.84. The summed E-state index contributed by atoms with van der Waals surface area (Å²) in [6.45, 7) is 0.625. The molecular formula is C19H24N2O3. The van der Waals surface area contributed by atoms with E-state index in [1.54, 1.807) is 11.9 Å². The predicted octanol–water partition coefficient (Wildman–Crippen LogP) is 1.59. The first-order valence-corrected chi connectivity index (χ1v) is 7.93. The highest BCUT2D eigenvalue weighted by Crippen LogP contribution is 2.16. The van der Waals surface area contributed by atoms with Gasteiger partial charge in [0, 0.05) is 6.04 Å². The zero-order chi connectivity index (χ0) is 17.4. The van der Waals surface area contributed by atoms with E-state index in [1.165, 1.54) is 0 Å². The number of aliphatic hydroxyl groups excluding tert-OH is 1. The second-order valence-corrected chi connectivity index (χ2v) is 5.84. The summed E-state index contributed by atoms with van der Waals surface area (Å²) < 4.78 is 5.76. The van der Waals surface area contributed by atoms with Gasteiger partial charge in [-0.15, -0.1) is 0 Å². The van der Waals surface area contributed by atoms with Crippen molar-refractivity contribution < 1.29 is 14.6 Å². The minimum Gasteiger partial charge on any atom is -0.489 e. The molecule has 0 heterocycles. The second kappa shape index (κ2) is 9.05. The highest BCUT2D eigenvalue weighted by atomic mass is 16.5. The molecule has 0 unspecified atom stereocenters. The van der Waals surface area contributed by atoms with Gasteiger partial charge < -0.3 is 15.6 Å². The average Bonchev–Trinajstić information content (AvgIpc) is 2.59. The van der Waals surface area contributed by atoms with E-state index in [4.69, 9.17) is 10.5 Å². The molecule has 0 saturated carbocycles. The van der Waals surface area contributed by atoms with Crippen LogP contribution in [0.1, 0.15) is 11.1 Å². The lowest BCUT2D eigenvalue weighted by Crippen LogP contribution is -2.41. The number of carbonyl (C=O) groups excluding carboxylic acids is 1. The highest BCUT2D eigenvalue weighted by Gasteiger charge is 2.16. The van der Waals surface area contributed by atoms with Gasteiger partial charge in [0.2, 0.25) is 5.91 Å². The van der Waals surface area contributed by atoms with Crippen molar-refractivity contribution in [2.24, 2.45) is 5.73 Å². The van der Waals surface area contributed by atoms with Crippen molar-refractivity contribution in [3.63, 3.8) is 0 Å². The molecule has 5 heteroatoms. The lowest BCUT2D eigenvalue weighted by Gasteiger charge is -2.25. The Balaban J connectivity index is 1.89. The van der Waals surface area contributed by atoms with Gasteiger partial charge in [0.1, 0.15) is 12.4 Å². The van der Waals surface area contributed by atoms with Gasteiger partial charge in [-0.25, -0.2) is 0 Å². The van der Waals surface area contributed by atoms with Crippen molar-refractivity contribution in [1.29, 1.82) is 0 Å². The number of carbonyl (C=O) groups is 1. The number of primary amides is 1. The minimum absolute atomic E-state index is 0.0317. The van der Waals surface area contributed by atoms with Crippen molar-refractivity contribution in [1.82, 2.24) is 4.90 Å². The molecule has 0 aromatic heterocycles. The number of rotatable bonds is 9. The molecule has 0 radical (unpaired) electrons. The van der Waals surface area contributed by atoms with Crippen LogP contribution in [-0.4, -0.2) is 42.2 Å². The number of ether oxygens (including phenoxy) is 1. The maximum atomic E-state index is 11.0. The van der Waals surface area contributed by atoms with Crippen molar-refractivity contribution in [2.75, 3.05) is 20.2 Å². The summed E-state index contributed by atoms with van der Waals surface area (Å²) >= 11 is 0. The molecule has 0 aliphatic rings. The van der Waals surface area contributed by atoms with E-state index in [-0.39, 0.29) is 19.2 Å². The average molecular weight is 328 g/mol. The van der Waals surface area contributed by atoms with Crippen LogP contribution in [0.4, 0.5) is 0 Å². The van der Waals surface area contributed by atoms with Gasteiger partial charge in [0.15, 0.2) is 0 Å². The lowest BCUT2D eigenvalue weighted by molar-refractivity contribution is -0.119. The first-order chi connectivity index (χ1) is 11.6. The van der Waals surface area contributed by atoms with Gasteiger partial charge in [0.25, 0.3) is 0 Å². The zero-order valence-corrected chi connectivity index (χ0v) is 13.9. The third-order valence-corrected chi connectivity index (χ3v) is 3.88. The topological polar surface area (TPSA) is 75.8 Å². The Hall–Kier alpha value is -2.37. The Morgan fingerprint density at radius 2 is 1.79 bits per heavy atom. The van der Waals surface area contributed by atoms with Crippen LogP contribution in [0, 0.1) is 0 Å². The van der Waals surface area contributed by atoms with Gasteiger partial charge in [-0.3, -0.25) is 9.69 Å². The molecule has 5 nitrogen and oxygen atoms in total. The van der Waals surface area contributed by atoms with E-state index in [0.717, 1.165) is 16.9 Å². The number of likely N-dealkylation sites (N-methyl/N-ethyl adjacent to an activating group) is 1. The fourth-order valence-corrected chi connectivity index (χ4v) is 2.47. The van der Waals surface area contributed by atoms with Gasteiger partial charge in [0.05, 0.1) is 13.2 Å². The third-order valence-electron chi connectivity index (χ3n) is 3.88. The molecule has 1 atom stereocenters. The van der Waals surface area contributed by atoms with Crippen LogP contribution in [-0.2, 0) is 17.8 Å². The molecule has 24 heavy (non-hydrogen) atoms. The molecule has 2 aromatic carbocycles. The van der Waals surface area contributed by atoms with E-state index in [1.807, 2.05) is 54.6 Å². The summed E-state index contributed by atoms with van der Waals surface area (Å²) in [5.41, 5.74) is 7.39. The third kappa shape index (κ3) is 5.68. The Bertz CT molecular complexity index is 629.